The highest BCUT2D eigenvalue weighted by Crippen LogP contribution is 2.40. The van der Waals surface area contributed by atoms with Crippen LogP contribution in [0, 0.1) is 5.92 Å². The number of hydrogen-bond donors (Lipinski definition) is 2. The number of amides is 1. The molecule has 0 aromatic carbocycles. The van der Waals surface area contributed by atoms with Gasteiger partial charge in [-0.15, -0.1) is 11.3 Å². The lowest BCUT2D eigenvalue weighted by atomic mass is 9.88. The van der Waals surface area contributed by atoms with Crippen molar-refractivity contribution in [3.63, 3.8) is 0 Å². The Kier molecular flexibility index (Phi) is 5.76. The van der Waals surface area contributed by atoms with E-state index >= 15 is 0 Å². The second-order valence-electron chi connectivity index (χ2n) is 5.84. The van der Waals surface area contributed by atoms with Crippen molar-refractivity contribution in [1.82, 2.24) is 0 Å². The maximum Gasteiger partial charge on any atom is 0.341 e. The molecule has 0 fully saturated rings. The highest BCUT2D eigenvalue weighted by molar-refractivity contribution is 7.17. The van der Waals surface area contributed by atoms with Crippen LogP contribution >= 0.6 is 11.3 Å². The van der Waals surface area contributed by atoms with Crippen LogP contribution in [-0.2, 0) is 27.2 Å². The third-order valence-electron chi connectivity index (χ3n) is 3.95. The maximum absolute atomic E-state index is 12.1. The average Bonchev–Trinajstić information content (AvgIpc) is 2.82. The normalized spacial score (nSPS) is 16.5. The smallest absolute Gasteiger partial charge is 0.341 e. The van der Waals surface area contributed by atoms with Crippen LogP contribution in [0.3, 0.4) is 0 Å². The molecule has 1 amide bonds. The maximum atomic E-state index is 12.1. The van der Waals surface area contributed by atoms with Crippen molar-refractivity contribution in [3.05, 3.63) is 16.0 Å². The SMILES string of the molecule is COC(=O)c1c(NC(=O)CCCC(=O)O)sc2c1CC[C@@H](C)C2. The number of rotatable bonds is 6. The standard InChI is InChI=1S/C16H21NO5S/c1-9-6-7-10-11(8-9)23-15(14(10)16(21)22-2)17-12(18)4-3-5-13(19)20/h9H,3-8H2,1-2H3,(H,17,18)(H,19,20)/t9-/m1/s1. The van der Waals surface area contributed by atoms with Gasteiger partial charge in [0.25, 0.3) is 0 Å². The molecule has 23 heavy (non-hydrogen) atoms. The molecule has 1 heterocycles. The molecule has 1 aliphatic rings. The van der Waals surface area contributed by atoms with Gasteiger partial charge in [-0.25, -0.2) is 4.79 Å². The van der Waals surface area contributed by atoms with Gasteiger partial charge in [0.15, 0.2) is 0 Å². The molecular weight excluding hydrogens is 318 g/mol. The van der Waals surface area contributed by atoms with Crippen LogP contribution in [0.15, 0.2) is 0 Å². The first-order valence-corrected chi connectivity index (χ1v) is 8.48. The summed E-state index contributed by atoms with van der Waals surface area (Å²) in [6.45, 7) is 2.17. The number of ether oxygens (including phenoxy) is 1. The van der Waals surface area contributed by atoms with Gasteiger partial charge in [0, 0.05) is 17.7 Å². The number of aliphatic carboxylic acids is 1. The molecule has 1 aromatic rings. The fourth-order valence-corrected chi connectivity index (χ4v) is 4.16. The lowest BCUT2D eigenvalue weighted by Gasteiger charge is -2.18. The third-order valence-corrected chi connectivity index (χ3v) is 5.12. The summed E-state index contributed by atoms with van der Waals surface area (Å²) in [6.07, 6.45) is 3.07. The zero-order valence-electron chi connectivity index (χ0n) is 13.3. The van der Waals surface area contributed by atoms with Crippen LogP contribution in [0.4, 0.5) is 5.00 Å². The predicted molar refractivity (Wildman–Crippen MR) is 87.0 cm³/mol. The largest absolute Gasteiger partial charge is 0.481 e. The van der Waals surface area contributed by atoms with Crippen molar-refractivity contribution in [2.24, 2.45) is 5.92 Å². The molecule has 7 heteroatoms. The molecule has 1 aromatic heterocycles. The van der Waals surface area contributed by atoms with Gasteiger partial charge in [-0.1, -0.05) is 6.92 Å². The van der Waals surface area contributed by atoms with Gasteiger partial charge >= 0.3 is 11.9 Å². The molecular formula is C16H21NO5S. The van der Waals surface area contributed by atoms with E-state index < -0.39 is 11.9 Å². The zero-order chi connectivity index (χ0) is 17.0. The van der Waals surface area contributed by atoms with E-state index in [1.165, 1.54) is 18.4 Å². The first-order valence-electron chi connectivity index (χ1n) is 7.66. The van der Waals surface area contributed by atoms with Crippen molar-refractivity contribution in [1.29, 1.82) is 0 Å². The van der Waals surface area contributed by atoms with Crippen molar-refractivity contribution < 1.29 is 24.2 Å². The Bertz CT molecular complexity index is 622. The Labute approximate surface area is 138 Å². The monoisotopic (exact) mass is 339 g/mol. The average molecular weight is 339 g/mol. The van der Waals surface area contributed by atoms with Crippen molar-refractivity contribution in [2.75, 3.05) is 12.4 Å². The summed E-state index contributed by atoms with van der Waals surface area (Å²) in [5.74, 6) is -1.07. The van der Waals surface area contributed by atoms with Gasteiger partial charge < -0.3 is 15.2 Å². The van der Waals surface area contributed by atoms with E-state index in [0.717, 1.165) is 29.7 Å². The molecule has 2 rings (SSSR count). The molecule has 126 valence electrons. The van der Waals surface area contributed by atoms with Crippen molar-refractivity contribution >= 4 is 34.2 Å². The molecule has 0 aliphatic heterocycles. The topological polar surface area (TPSA) is 92.7 Å². The van der Waals surface area contributed by atoms with E-state index in [1.54, 1.807) is 0 Å². The summed E-state index contributed by atoms with van der Waals surface area (Å²) in [6, 6.07) is 0. The van der Waals surface area contributed by atoms with Gasteiger partial charge in [-0.3, -0.25) is 9.59 Å². The Morgan fingerprint density at radius 1 is 1.35 bits per heavy atom. The minimum Gasteiger partial charge on any atom is -0.481 e. The number of esters is 1. The van der Waals surface area contributed by atoms with Crippen LogP contribution < -0.4 is 5.32 Å². The van der Waals surface area contributed by atoms with Crippen LogP contribution in [0.25, 0.3) is 0 Å². The van der Waals surface area contributed by atoms with Gasteiger partial charge in [0.2, 0.25) is 5.91 Å². The van der Waals surface area contributed by atoms with Gasteiger partial charge in [0.05, 0.1) is 12.7 Å². The number of thiophene rings is 1. The van der Waals surface area contributed by atoms with Crippen LogP contribution in [0.5, 0.6) is 0 Å². The summed E-state index contributed by atoms with van der Waals surface area (Å²) in [4.78, 5) is 35.7. The van der Waals surface area contributed by atoms with Crippen LogP contribution in [-0.4, -0.2) is 30.1 Å². The quantitative estimate of drug-likeness (QED) is 0.778. The summed E-state index contributed by atoms with van der Waals surface area (Å²) >= 11 is 1.43. The molecule has 1 aliphatic carbocycles. The number of carboxylic acids is 1. The van der Waals surface area contributed by atoms with Crippen molar-refractivity contribution in [3.8, 4) is 0 Å². The molecule has 0 bridgehead atoms. The van der Waals surface area contributed by atoms with Gasteiger partial charge in [-0.05, 0) is 37.2 Å². The zero-order valence-corrected chi connectivity index (χ0v) is 14.1. The lowest BCUT2D eigenvalue weighted by Crippen LogP contribution is -2.16. The third kappa shape index (κ3) is 4.31. The van der Waals surface area contributed by atoms with Gasteiger partial charge in [0.1, 0.15) is 5.00 Å². The predicted octanol–water partition coefficient (Wildman–Crippen LogP) is 2.85. The van der Waals surface area contributed by atoms with Crippen LogP contribution in [0.1, 0.15) is 53.4 Å². The molecule has 0 saturated carbocycles. The first kappa shape index (κ1) is 17.5. The second kappa shape index (κ2) is 7.59. The molecule has 0 spiro atoms. The minimum atomic E-state index is -0.923. The second-order valence-corrected chi connectivity index (χ2v) is 6.95. The number of nitrogens with one attached hydrogen (secondary N) is 1. The number of carbonyl (C=O) groups is 3. The number of carbonyl (C=O) groups excluding carboxylic acids is 2. The van der Waals surface area contributed by atoms with Crippen molar-refractivity contribution in [2.45, 2.75) is 45.4 Å². The van der Waals surface area contributed by atoms with Crippen LogP contribution in [0.2, 0.25) is 0 Å². The van der Waals surface area contributed by atoms with E-state index in [2.05, 4.69) is 12.2 Å². The number of hydrogen-bond acceptors (Lipinski definition) is 5. The molecule has 2 N–H and O–H groups in total. The van der Waals surface area contributed by atoms with E-state index in [-0.39, 0.29) is 25.2 Å². The summed E-state index contributed by atoms with van der Waals surface area (Å²) in [7, 11) is 1.33. The Balaban J connectivity index is 2.15. The van der Waals surface area contributed by atoms with E-state index in [9.17, 15) is 14.4 Å². The summed E-state index contributed by atoms with van der Waals surface area (Å²) < 4.78 is 4.86. The molecule has 0 saturated heterocycles. The first-order chi connectivity index (χ1) is 10.9. The highest BCUT2D eigenvalue weighted by atomic mass is 32.1. The fraction of sp³-hybridized carbons (Fsp3) is 0.562. The molecule has 0 radical (unpaired) electrons. The van der Waals surface area contributed by atoms with E-state index in [4.69, 9.17) is 9.84 Å². The van der Waals surface area contributed by atoms with E-state index in [0.29, 0.717) is 16.5 Å². The van der Waals surface area contributed by atoms with E-state index in [1.807, 2.05) is 0 Å². The molecule has 1 atom stereocenters. The number of methoxy groups -OCH3 is 1. The molecule has 6 nitrogen and oxygen atoms in total. The Morgan fingerprint density at radius 3 is 2.74 bits per heavy atom. The lowest BCUT2D eigenvalue weighted by molar-refractivity contribution is -0.137. The Hall–Kier alpha value is -1.89. The molecule has 0 unspecified atom stereocenters. The number of anilines is 1. The number of carboxylic acid groups (broad SMARTS) is 1. The summed E-state index contributed by atoms with van der Waals surface area (Å²) in [5.41, 5.74) is 1.45. The number of fused-ring (bicyclic) bond motifs is 1. The Morgan fingerprint density at radius 2 is 2.09 bits per heavy atom. The van der Waals surface area contributed by atoms with Gasteiger partial charge in [-0.2, -0.15) is 0 Å². The fourth-order valence-electron chi connectivity index (χ4n) is 2.75. The summed E-state index contributed by atoms with van der Waals surface area (Å²) in [5, 5.41) is 11.9. The highest BCUT2D eigenvalue weighted by Gasteiger charge is 2.28. The minimum absolute atomic E-state index is 0.0459.